The number of anilines is 3. The number of hydrogen-bond donors (Lipinski definition) is 1. The van der Waals surface area contributed by atoms with Crippen LogP contribution in [0.1, 0.15) is 0 Å². The highest BCUT2D eigenvalue weighted by atomic mass is 16.6. The van der Waals surface area contributed by atoms with E-state index in [1.54, 1.807) is 25.4 Å². The van der Waals surface area contributed by atoms with Gasteiger partial charge in [-0.3, -0.25) is 10.1 Å². The van der Waals surface area contributed by atoms with E-state index in [4.69, 9.17) is 14.5 Å². The number of aryl methyl sites for hydroxylation is 1. The van der Waals surface area contributed by atoms with Gasteiger partial charge >= 0.3 is 0 Å². The number of benzene rings is 2. The fraction of sp³-hybridized carbons (Fsp3) is 0.320. The fourth-order valence-corrected chi connectivity index (χ4v) is 3.95. The molecule has 12 nitrogen and oxygen atoms in total. The van der Waals surface area contributed by atoms with Crippen LogP contribution in [-0.4, -0.2) is 77.8 Å². The van der Waals surface area contributed by atoms with Crippen molar-refractivity contribution in [3.05, 3.63) is 52.7 Å². The number of methoxy groups -OCH3 is 2. The molecule has 4 rings (SSSR count). The Morgan fingerprint density at radius 2 is 1.84 bits per heavy atom. The van der Waals surface area contributed by atoms with E-state index in [2.05, 4.69) is 15.3 Å². The van der Waals surface area contributed by atoms with Crippen molar-refractivity contribution in [2.75, 3.05) is 58.7 Å². The number of imidazole rings is 1. The number of nitrogens with one attached hydrogen (secondary N) is 1. The first-order valence-corrected chi connectivity index (χ1v) is 11.5. The molecule has 0 bridgehead atoms. The van der Waals surface area contributed by atoms with Gasteiger partial charge in [0.15, 0.2) is 5.82 Å². The number of fused-ring (bicyclic) bond motifs is 1. The van der Waals surface area contributed by atoms with Gasteiger partial charge in [0.1, 0.15) is 22.9 Å². The molecule has 0 unspecified atom stereocenters. The van der Waals surface area contributed by atoms with E-state index < -0.39 is 4.92 Å². The Labute approximate surface area is 214 Å². The van der Waals surface area contributed by atoms with Crippen molar-refractivity contribution in [2.24, 2.45) is 7.05 Å². The molecule has 37 heavy (non-hydrogen) atoms. The third kappa shape index (κ3) is 5.38. The van der Waals surface area contributed by atoms with Crippen LogP contribution in [0.25, 0.3) is 22.6 Å². The molecule has 0 fully saturated rings. The maximum atomic E-state index is 11.9. The minimum Gasteiger partial charge on any atom is -0.497 e. The molecule has 2 heterocycles. The van der Waals surface area contributed by atoms with Crippen molar-refractivity contribution in [3.8, 4) is 23.0 Å². The first-order chi connectivity index (χ1) is 17.7. The average Bonchev–Trinajstić information content (AvgIpc) is 3.22. The number of nitro benzene ring substituents is 1. The molecule has 0 radical (unpaired) electrons. The lowest BCUT2D eigenvalue weighted by Crippen LogP contribution is -2.28. The number of nitrogens with zero attached hydrogens (tertiary/aromatic N) is 7. The molecule has 194 valence electrons. The highest BCUT2D eigenvalue weighted by Crippen LogP contribution is 2.39. The predicted molar refractivity (Wildman–Crippen MR) is 143 cm³/mol. The zero-order valence-corrected chi connectivity index (χ0v) is 21.7. The summed E-state index contributed by atoms with van der Waals surface area (Å²) >= 11 is 0. The molecule has 0 saturated carbocycles. The molecule has 0 spiro atoms. The summed E-state index contributed by atoms with van der Waals surface area (Å²) in [7, 11) is 10.8. The molecule has 4 aromatic rings. The summed E-state index contributed by atoms with van der Waals surface area (Å²) in [6.45, 7) is 1.35. The summed E-state index contributed by atoms with van der Waals surface area (Å²) in [6.07, 6.45) is 1.61. The predicted octanol–water partition coefficient (Wildman–Crippen LogP) is 3.70. The zero-order chi connectivity index (χ0) is 26.7. The Balaban J connectivity index is 1.69. The summed E-state index contributed by atoms with van der Waals surface area (Å²) < 4.78 is 12.8. The van der Waals surface area contributed by atoms with E-state index in [9.17, 15) is 10.1 Å². The fourth-order valence-electron chi connectivity index (χ4n) is 3.95. The summed E-state index contributed by atoms with van der Waals surface area (Å²) in [4.78, 5) is 29.0. The van der Waals surface area contributed by atoms with E-state index >= 15 is 0 Å². The Hall–Kier alpha value is -4.45. The van der Waals surface area contributed by atoms with Gasteiger partial charge in [0, 0.05) is 51.6 Å². The molecule has 0 aliphatic rings. The van der Waals surface area contributed by atoms with E-state index in [-0.39, 0.29) is 11.6 Å². The van der Waals surface area contributed by atoms with E-state index in [1.165, 1.54) is 13.2 Å². The second-order valence-corrected chi connectivity index (χ2v) is 8.76. The van der Waals surface area contributed by atoms with Crippen LogP contribution < -0.4 is 19.7 Å². The van der Waals surface area contributed by atoms with E-state index in [1.807, 2.05) is 60.8 Å². The van der Waals surface area contributed by atoms with Gasteiger partial charge in [-0.25, -0.2) is 15.0 Å². The smallest absolute Gasteiger partial charge is 0.294 e. The molecule has 12 heteroatoms. The first-order valence-electron chi connectivity index (χ1n) is 11.5. The summed E-state index contributed by atoms with van der Waals surface area (Å²) in [5, 5.41) is 15.0. The van der Waals surface area contributed by atoms with Gasteiger partial charge in [0.25, 0.3) is 5.69 Å². The van der Waals surface area contributed by atoms with Crippen LogP contribution in [0, 0.1) is 10.1 Å². The molecular weight excluding hydrogens is 476 g/mol. The van der Waals surface area contributed by atoms with Crippen LogP contribution in [0.5, 0.6) is 11.5 Å². The lowest BCUT2D eigenvalue weighted by Gasteiger charge is -2.22. The van der Waals surface area contributed by atoms with Crippen LogP contribution in [-0.2, 0) is 7.05 Å². The number of likely N-dealkylation sites (N-methyl/N-ethyl adjacent to an activating group) is 2. The normalized spacial score (nSPS) is 11.1. The second kappa shape index (κ2) is 10.7. The van der Waals surface area contributed by atoms with Gasteiger partial charge < -0.3 is 29.2 Å². The number of aromatic nitrogens is 4. The van der Waals surface area contributed by atoms with Gasteiger partial charge in [0.2, 0.25) is 5.95 Å². The minimum absolute atomic E-state index is 0.0509. The monoisotopic (exact) mass is 506 g/mol. The summed E-state index contributed by atoms with van der Waals surface area (Å²) in [5.74, 6) is 2.04. The maximum absolute atomic E-state index is 11.9. The van der Waals surface area contributed by atoms with E-state index in [0.29, 0.717) is 40.9 Å². The van der Waals surface area contributed by atoms with E-state index in [0.717, 1.165) is 17.6 Å². The van der Waals surface area contributed by atoms with Crippen molar-refractivity contribution in [1.82, 2.24) is 24.4 Å². The number of nitro groups is 1. The molecule has 2 aromatic heterocycles. The highest BCUT2D eigenvalue weighted by Gasteiger charge is 2.22. The Kier molecular flexibility index (Phi) is 7.39. The summed E-state index contributed by atoms with van der Waals surface area (Å²) in [6, 6.07) is 10.5. The number of ether oxygens (including phenoxy) is 2. The van der Waals surface area contributed by atoms with Gasteiger partial charge in [0.05, 0.1) is 35.9 Å². The molecule has 0 saturated heterocycles. The molecule has 0 aliphatic heterocycles. The number of hydrogen-bond acceptors (Lipinski definition) is 10. The van der Waals surface area contributed by atoms with Crippen molar-refractivity contribution in [3.63, 3.8) is 0 Å². The van der Waals surface area contributed by atoms with Gasteiger partial charge in [-0.2, -0.15) is 0 Å². The van der Waals surface area contributed by atoms with Crippen molar-refractivity contribution in [1.29, 1.82) is 0 Å². The summed E-state index contributed by atoms with van der Waals surface area (Å²) in [5.41, 5.74) is 3.07. The molecule has 0 amide bonds. The Morgan fingerprint density at radius 1 is 1.05 bits per heavy atom. The lowest BCUT2D eigenvalue weighted by molar-refractivity contribution is -0.384. The minimum atomic E-state index is -0.406. The van der Waals surface area contributed by atoms with Crippen LogP contribution >= 0.6 is 0 Å². The SMILES string of the molecule is COc1ccc2c(c1)nc(-c1ccnc(Nc3cc([N+](=O)[O-])c(N(C)CCN(C)C)cc3OC)n1)n2C. The average molecular weight is 507 g/mol. The largest absolute Gasteiger partial charge is 0.497 e. The molecule has 0 atom stereocenters. The molecule has 2 aromatic carbocycles. The molecule has 0 aliphatic carbocycles. The third-order valence-electron chi connectivity index (χ3n) is 6.01. The quantitative estimate of drug-likeness (QED) is 0.251. The van der Waals surface area contributed by atoms with Gasteiger partial charge in [-0.15, -0.1) is 0 Å². The topological polar surface area (TPSA) is 124 Å². The van der Waals surface area contributed by atoms with Crippen molar-refractivity contribution in [2.45, 2.75) is 0 Å². The van der Waals surface area contributed by atoms with Crippen LogP contribution in [0.15, 0.2) is 42.6 Å². The lowest BCUT2D eigenvalue weighted by atomic mass is 10.2. The molecular formula is C25H30N8O4. The third-order valence-corrected chi connectivity index (χ3v) is 6.01. The Bertz CT molecular complexity index is 1440. The highest BCUT2D eigenvalue weighted by molar-refractivity contribution is 5.82. The standard InChI is InChI=1S/C25H30N8O4/c1-30(2)11-12-31(3)21-15-23(37-6)19(14-22(21)33(34)35)29-25-26-10-9-17(28-25)24-27-18-13-16(36-5)7-8-20(18)32(24)4/h7-10,13-15H,11-12H2,1-6H3,(H,26,28,29). The first kappa shape index (κ1) is 25.6. The molecule has 1 N–H and O–H groups in total. The van der Waals surface area contributed by atoms with Crippen molar-refractivity contribution < 1.29 is 14.4 Å². The zero-order valence-electron chi connectivity index (χ0n) is 21.7. The van der Waals surface area contributed by atoms with Crippen LogP contribution in [0.4, 0.5) is 23.0 Å². The van der Waals surface area contributed by atoms with Crippen molar-refractivity contribution >= 4 is 34.0 Å². The van der Waals surface area contributed by atoms with Crippen LogP contribution in [0.2, 0.25) is 0 Å². The Morgan fingerprint density at radius 3 is 2.51 bits per heavy atom. The number of rotatable bonds is 10. The van der Waals surface area contributed by atoms with Gasteiger partial charge in [-0.1, -0.05) is 0 Å². The maximum Gasteiger partial charge on any atom is 0.294 e. The van der Waals surface area contributed by atoms with Gasteiger partial charge in [-0.05, 0) is 32.3 Å². The second-order valence-electron chi connectivity index (χ2n) is 8.76. The van der Waals surface area contributed by atoms with Crippen LogP contribution in [0.3, 0.4) is 0 Å².